The van der Waals surface area contributed by atoms with Crippen LogP contribution < -0.4 is 5.32 Å². The van der Waals surface area contributed by atoms with Crippen LogP contribution in [0.15, 0.2) is 40.4 Å². The highest BCUT2D eigenvalue weighted by molar-refractivity contribution is 7.91. The molecule has 0 aromatic carbocycles. The molecule has 0 saturated carbocycles. The molecule has 2 aromatic heterocycles. The van der Waals surface area contributed by atoms with Crippen molar-refractivity contribution in [2.24, 2.45) is 0 Å². The van der Waals surface area contributed by atoms with E-state index in [0.29, 0.717) is 25.9 Å². The minimum absolute atomic E-state index is 0.112. The van der Waals surface area contributed by atoms with Crippen LogP contribution >= 0.6 is 11.3 Å². The number of aromatic nitrogens is 2. The van der Waals surface area contributed by atoms with Gasteiger partial charge in [0.2, 0.25) is 5.91 Å². The molecule has 0 bridgehead atoms. The second kappa shape index (κ2) is 7.04. The zero-order valence-electron chi connectivity index (χ0n) is 13.3. The van der Waals surface area contributed by atoms with Gasteiger partial charge in [0.25, 0.3) is 10.0 Å². The van der Waals surface area contributed by atoms with Crippen LogP contribution in [0, 0.1) is 0 Å². The number of nitrogens with zero attached hydrogens (tertiary/aromatic N) is 3. The predicted octanol–water partition coefficient (Wildman–Crippen LogP) is 1.30. The van der Waals surface area contributed by atoms with Gasteiger partial charge in [-0.05, 0) is 31.2 Å². The molecular weight excluding hydrogens is 348 g/mol. The monoisotopic (exact) mass is 368 g/mol. The van der Waals surface area contributed by atoms with Crippen LogP contribution in [-0.4, -0.2) is 46.8 Å². The van der Waals surface area contributed by atoms with Gasteiger partial charge in [0.1, 0.15) is 10.3 Å². The number of hydrogen-bond acceptors (Lipinski definition) is 5. The molecule has 130 valence electrons. The van der Waals surface area contributed by atoms with E-state index in [1.165, 1.54) is 15.6 Å². The topological polar surface area (TPSA) is 84.3 Å². The maximum Gasteiger partial charge on any atom is 0.253 e. The summed E-state index contributed by atoms with van der Waals surface area (Å²) in [6, 6.07) is 2.53. The summed E-state index contributed by atoms with van der Waals surface area (Å²) in [7, 11) is -3.60. The highest BCUT2D eigenvalue weighted by Gasteiger charge is 2.40. The Bertz CT molecular complexity index is 772. The molecule has 1 aliphatic heterocycles. The lowest BCUT2D eigenvalue weighted by Gasteiger charge is -2.24. The minimum atomic E-state index is -3.60. The third kappa shape index (κ3) is 3.52. The molecule has 3 heterocycles. The Hall–Kier alpha value is -1.71. The first kappa shape index (κ1) is 17.1. The average molecular weight is 368 g/mol. The standard InChI is InChI=1S/C15H20N4O3S2/c1-12(10-18-8-6-16-11-18)17-15(20)13-4-2-7-19(13)24(21,22)14-5-3-9-23-14/h3,5-6,8-9,11-13H,2,4,7,10H2,1H3,(H,17,20). The Kier molecular flexibility index (Phi) is 5.02. The van der Waals surface area contributed by atoms with Crippen LogP contribution in [-0.2, 0) is 21.4 Å². The molecule has 1 aliphatic rings. The molecule has 1 amide bonds. The summed E-state index contributed by atoms with van der Waals surface area (Å²) < 4.78 is 28.9. The van der Waals surface area contributed by atoms with E-state index in [-0.39, 0.29) is 16.2 Å². The van der Waals surface area contributed by atoms with Gasteiger partial charge in [-0.1, -0.05) is 6.07 Å². The SMILES string of the molecule is CC(Cn1ccnc1)NC(=O)C1CCCN1S(=O)(=O)c1cccs1. The molecule has 3 rings (SSSR count). The van der Waals surface area contributed by atoms with Crippen LogP contribution in [0.5, 0.6) is 0 Å². The van der Waals surface area contributed by atoms with Crippen molar-refractivity contribution < 1.29 is 13.2 Å². The van der Waals surface area contributed by atoms with E-state index in [0.717, 1.165) is 0 Å². The molecule has 2 unspecified atom stereocenters. The number of sulfonamides is 1. The van der Waals surface area contributed by atoms with E-state index in [9.17, 15) is 13.2 Å². The average Bonchev–Trinajstić information content (AvgIpc) is 3.28. The fraction of sp³-hybridized carbons (Fsp3) is 0.467. The molecule has 7 nitrogen and oxygen atoms in total. The molecule has 2 aromatic rings. The maximum absolute atomic E-state index is 12.7. The van der Waals surface area contributed by atoms with Crippen LogP contribution in [0.25, 0.3) is 0 Å². The summed E-state index contributed by atoms with van der Waals surface area (Å²) in [5.41, 5.74) is 0. The van der Waals surface area contributed by atoms with Crippen LogP contribution in [0.2, 0.25) is 0 Å². The third-order valence-electron chi connectivity index (χ3n) is 4.00. The smallest absolute Gasteiger partial charge is 0.253 e. The number of nitrogens with one attached hydrogen (secondary N) is 1. The summed E-state index contributed by atoms with van der Waals surface area (Å²) in [5, 5.41) is 4.64. The summed E-state index contributed by atoms with van der Waals surface area (Å²) in [5.74, 6) is -0.236. The number of carbonyl (C=O) groups is 1. The van der Waals surface area contributed by atoms with Gasteiger partial charge in [-0.25, -0.2) is 13.4 Å². The maximum atomic E-state index is 12.7. The van der Waals surface area contributed by atoms with Gasteiger partial charge in [-0.15, -0.1) is 11.3 Å². The highest BCUT2D eigenvalue weighted by Crippen LogP contribution is 2.28. The number of imidazole rings is 1. The first-order valence-electron chi connectivity index (χ1n) is 7.80. The third-order valence-corrected chi connectivity index (χ3v) is 7.28. The van der Waals surface area contributed by atoms with Gasteiger partial charge in [-0.3, -0.25) is 4.79 Å². The van der Waals surface area contributed by atoms with Crippen molar-refractivity contribution in [3.8, 4) is 0 Å². The molecule has 24 heavy (non-hydrogen) atoms. The molecule has 0 spiro atoms. The van der Waals surface area contributed by atoms with Crippen LogP contribution in [0.1, 0.15) is 19.8 Å². The largest absolute Gasteiger partial charge is 0.350 e. The first-order valence-corrected chi connectivity index (χ1v) is 10.1. The lowest BCUT2D eigenvalue weighted by molar-refractivity contribution is -0.124. The lowest BCUT2D eigenvalue weighted by Crippen LogP contribution is -2.48. The number of carbonyl (C=O) groups excluding carboxylic acids is 1. The Labute approximate surface area is 145 Å². The minimum Gasteiger partial charge on any atom is -0.350 e. The lowest BCUT2D eigenvalue weighted by atomic mass is 10.2. The van der Waals surface area contributed by atoms with Crippen molar-refractivity contribution in [1.82, 2.24) is 19.2 Å². The Balaban J connectivity index is 1.67. The molecule has 0 radical (unpaired) electrons. The summed E-state index contributed by atoms with van der Waals surface area (Å²) >= 11 is 1.18. The summed E-state index contributed by atoms with van der Waals surface area (Å²) in [6.45, 7) is 2.87. The van der Waals surface area contributed by atoms with Crippen molar-refractivity contribution in [3.63, 3.8) is 0 Å². The molecule has 2 atom stereocenters. The molecular formula is C15H20N4O3S2. The summed E-state index contributed by atoms with van der Waals surface area (Å²) in [6.07, 6.45) is 6.44. The van der Waals surface area contributed by atoms with Crippen molar-refractivity contribution in [3.05, 3.63) is 36.2 Å². The Morgan fingerprint density at radius 1 is 1.54 bits per heavy atom. The fourth-order valence-electron chi connectivity index (χ4n) is 2.91. The van der Waals surface area contributed by atoms with E-state index in [2.05, 4.69) is 10.3 Å². The van der Waals surface area contributed by atoms with E-state index >= 15 is 0 Å². The molecule has 1 saturated heterocycles. The van der Waals surface area contributed by atoms with Crippen molar-refractivity contribution in [2.75, 3.05) is 6.54 Å². The van der Waals surface area contributed by atoms with E-state index in [4.69, 9.17) is 0 Å². The molecule has 9 heteroatoms. The molecule has 1 fully saturated rings. The van der Waals surface area contributed by atoms with Gasteiger partial charge >= 0.3 is 0 Å². The van der Waals surface area contributed by atoms with Crippen LogP contribution in [0.4, 0.5) is 0 Å². The van der Waals surface area contributed by atoms with Crippen molar-refractivity contribution in [1.29, 1.82) is 0 Å². The Morgan fingerprint density at radius 3 is 3.04 bits per heavy atom. The number of thiophene rings is 1. The zero-order valence-corrected chi connectivity index (χ0v) is 15.0. The molecule has 0 aliphatic carbocycles. The number of rotatable bonds is 6. The first-order chi connectivity index (χ1) is 11.5. The van der Waals surface area contributed by atoms with E-state index < -0.39 is 16.1 Å². The summed E-state index contributed by atoms with van der Waals surface area (Å²) in [4.78, 5) is 16.5. The quantitative estimate of drug-likeness (QED) is 0.833. The van der Waals surface area contributed by atoms with Crippen LogP contribution in [0.3, 0.4) is 0 Å². The van der Waals surface area contributed by atoms with E-state index in [1.807, 2.05) is 17.7 Å². The second-order valence-corrected chi connectivity index (χ2v) is 8.94. The van der Waals surface area contributed by atoms with Gasteiger partial charge in [0.05, 0.1) is 6.33 Å². The van der Waals surface area contributed by atoms with E-state index in [1.54, 1.807) is 30.0 Å². The fourth-order valence-corrected chi connectivity index (χ4v) is 5.69. The van der Waals surface area contributed by atoms with Gasteiger partial charge in [-0.2, -0.15) is 4.31 Å². The second-order valence-electron chi connectivity index (χ2n) is 5.87. The van der Waals surface area contributed by atoms with Crippen molar-refractivity contribution in [2.45, 2.75) is 42.6 Å². The number of hydrogen-bond donors (Lipinski definition) is 1. The van der Waals surface area contributed by atoms with Gasteiger partial charge in [0.15, 0.2) is 0 Å². The van der Waals surface area contributed by atoms with Gasteiger partial charge < -0.3 is 9.88 Å². The normalized spacial score (nSPS) is 20.1. The van der Waals surface area contributed by atoms with Gasteiger partial charge in [0, 0.05) is 31.5 Å². The molecule has 1 N–H and O–H groups in total. The van der Waals surface area contributed by atoms with Crippen molar-refractivity contribution >= 4 is 27.3 Å². The number of amides is 1. The Morgan fingerprint density at radius 2 is 2.38 bits per heavy atom. The predicted molar refractivity (Wildman–Crippen MR) is 91.1 cm³/mol. The zero-order chi connectivity index (χ0) is 17.2. The highest BCUT2D eigenvalue weighted by atomic mass is 32.2.